The Balaban J connectivity index is -0.0000000107. The van der Waals surface area contributed by atoms with Crippen LogP contribution in [0.15, 0.2) is 0 Å². The topological polar surface area (TPSA) is 255 Å². The second-order valence-corrected chi connectivity index (χ2v) is 11.0. The molecule has 1 fully saturated rings. The molecule has 0 aromatic heterocycles. The van der Waals surface area contributed by atoms with Crippen molar-refractivity contribution < 1.29 is 155 Å². The maximum atomic E-state index is 8.62. The SMILES string of the molecule is CC(O)O.O.O.O.O.O[As]1O[As](O)O[As](O)O1.[Cu].[Cu].[Cu].[Cu].[Cu].[Cu]. The van der Waals surface area contributed by atoms with Crippen LogP contribution in [0.4, 0.5) is 0 Å². The largest absolute Gasteiger partial charge is 0 e. The van der Waals surface area contributed by atoms with Gasteiger partial charge in [-0.05, 0) is 6.92 Å². The van der Waals surface area contributed by atoms with Gasteiger partial charge in [0.05, 0.1) is 0 Å². The minimum Gasteiger partial charge on any atom is 0 e. The van der Waals surface area contributed by atoms with E-state index >= 15 is 0 Å². The van der Waals surface area contributed by atoms with Crippen LogP contribution in [0.25, 0.3) is 0 Å². The molecule has 0 amide bonds. The monoisotopic (exact) mass is 835 g/mol. The maximum Gasteiger partial charge on any atom is 0 e. The van der Waals surface area contributed by atoms with Crippen molar-refractivity contribution in [2.24, 2.45) is 0 Å². The van der Waals surface area contributed by atoms with Gasteiger partial charge in [0.25, 0.3) is 0 Å². The van der Waals surface area contributed by atoms with E-state index in [0.717, 1.165) is 0 Å². The molecule has 1 rings (SSSR count). The number of rotatable bonds is 0. The van der Waals surface area contributed by atoms with Gasteiger partial charge in [0, 0.05) is 102 Å². The van der Waals surface area contributed by atoms with Gasteiger partial charge in [-0.2, -0.15) is 0 Å². The predicted octanol–water partition coefficient (Wildman–Crippen LogP) is -7.02. The van der Waals surface area contributed by atoms with Gasteiger partial charge in [0.2, 0.25) is 0 Å². The molecule has 21 heteroatoms. The molecule has 0 unspecified atom stereocenters. The minimum absolute atomic E-state index is 0. The number of hydrogen-bond acceptors (Lipinski definition) is 8. The Morgan fingerprint density at radius 2 is 0.652 bits per heavy atom. The van der Waals surface area contributed by atoms with E-state index in [1.807, 2.05) is 0 Å². The van der Waals surface area contributed by atoms with Crippen molar-refractivity contribution >= 4 is 47.0 Å². The van der Waals surface area contributed by atoms with Crippen molar-refractivity contribution in [3.8, 4) is 0 Å². The molecule has 1 aliphatic rings. The van der Waals surface area contributed by atoms with Crippen molar-refractivity contribution in [3.63, 3.8) is 0 Å². The van der Waals surface area contributed by atoms with Gasteiger partial charge in [0.1, 0.15) is 6.29 Å². The zero-order valence-electron chi connectivity index (χ0n) is 10.2. The van der Waals surface area contributed by atoms with Crippen LogP contribution in [-0.2, 0) is 111 Å². The van der Waals surface area contributed by atoms with Gasteiger partial charge in [-0.3, -0.25) is 0 Å². The summed E-state index contributed by atoms with van der Waals surface area (Å²) in [6.07, 6.45) is -1.17. The summed E-state index contributed by atoms with van der Waals surface area (Å²) in [4.78, 5) is 0. The third kappa shape index (κ3) is 58.4. The van der Waals surface area contributed by atoms with Crippen molar-refractivity contribution in [2.45, 2.75) is 13.2 Å². The van der Waals surface area contributed by atoms with Crippen LogP contribution in [0.2, 0.25) is 0 Å². The summed E-state index contributed by atoms with van der Waals surface area (Å²) in [6.45, 7) is 1.28. The van der Waals surface area contributed by atoms with Crippen molar-refractivity contribution in [1.82, 2.24) is 0 Å². The Kier molecular flexibility index (Phi) is 140. The summed E-state index contributed by atoms with van der Waals surface area (Å²) in [5.74, 6) is 0. The summed E-state index contributed by atoms with van der Waals surface area (Å²) in [6, 6.07) is 0. The van der Waals surface area contributed by atoms with Crippen LogP contribution < -0.4 is 0 Å². The quantitative estimate of drug-likeness (QED) is 0.116. The number of aliphatic hydroxyl groups is 2. The smallest absolute Gasteiger partial charge is 0 e. The zero-order chi connectivity index (χ0) is 10.4. The first-order valence-electron chi connectivity index (χ1n) is 2.79. The Hall–Kier alpha value is 4.31. The van der Waals surface area contributed by atoms with E-state index in [4.69, 9.17) is 22.5 Å². The van der Waals surface area contributed by atoms with Crippen LogP contribution in [0.5, 0.6) is 0 Å². The molecule has 23 heavy (non-hydrogen) atoms. The summed E-state index contributed by atoms with van der Waals surface area (Å²) < 4.78 is 39.0. The van der Waals surface area contributed by atoms with Gasteiger partial charge in [0.15, 0.2) is 0 Å². The molecule has 1 aliphatic heterocycles. The molecule has 0 spiro atoms. The Bertz CT molecular complexity index is 126. The van der Waals surface area contributed by atoms with Gasteiger partial charge in [-0.25, -0.2) is 0 Å². The van der Waals surface area contributed by atoms with E-state index in [-0.39, 0.29) is 124 Å². The molecule has 0 aliphatic carbocycles. The zero-order valence-corrected chi connectivity index (χ0v) is 21.5. The van der Waals surface area contributed by atoms with E-state index in [1.165, 1.54) is 6.92 Å². The second-order valence-electron chi connectivity index (χ2n) is 1.59. The molecule has 0 aromatic carbocycles. The molecule has 0 saturated carbocycles. The molecule has 0 aromatic rings. The van der Waals surface area contributed by atoms with Gasteiger partial charge in [-0.15, -0.1) is 0 Å². The van der Waals surface area contributed by atoms with E-state index in [2.05, 4.69) is 8.15 Å². The van der Waals surface area contributed by atoms with Crippen LogP contribution in [0.1, 0.15) is 6.92 Å². The van der Waals surface area contributed by atoms with E-state index in [9.17, 15) is 0 Å². The van der Waals surface area contributed by atoms with Gasteiger partial charge >= 0.3 is 67.5 Å². The van der Waals surface area contributed by atoms with Crippen LogP contribution >= 0.6 is 0 Å². The Morgan fingerprint density at radius 3 is 0.739 bits per heavy atom. The molecule has 6 radical (unpaired) electrons. The average Bonchev–Trinajstić information content (AvgIpc) is 1.80. The average molecular weight is 839 g/mol. The summed E-state index contributed by atoms with van der Waals surface area (Å²) in [5.41, 5.74) is 0. The normalized spacial score (nSPS) is 19.2. The van der Waals surface area contributed by atoms with Crippen LogP contribution in [-0.4, -0.2) is 97.7 Å². The molecule has 13 N–H and O–H groups in total. The Morgan fingerprint density at radius 1 is 0.565 bits per heavy atom. The van der Waals surface area contributed by atoms with E-state index in [0.29, 0.717) is 0 Å². The third-order valence-corrected chi connectivity index (χ3v) is 11.3. The van der Waals surface area contributed by atoms with E-state index in [1.54, 1.807) is 0 Å². The molecule has 12 nitrogen and oxygen atoms in total. The Labute approximate surface area is 212 Å². The number of aliphatic hydroxyl groups excluding tert-OH is 1. The fraction of sp³-hybridized carbons (Fsp3) is 1.00. The number of hydrogen-bond donors (Lipinski definition) is 5. The van der Waals surface area contributed by atoms with Crippen LogP contribution in [0.3, 0.4) is 0 Å². The molecular weight excluding hydrogens is 822 g/mol. The molecular formula is C2H17As3Cu6O12. The third-order valence-electron chi connectivity index (χ3n) is 0.419. The fourth-order valence-corrected chi connectivity index (χ4v) is 11.1. The fourth-order valence-electron chi connectivity index (χ4n) is 0.224. The van der Waals surface area contributed by atoms with Crippen molar-refractivity contribution in [1.29, 1.82) is 0 Å². The standard InChI is InChI=1S/C2H6O2.As3H3O6.6Cu.4H2O/c1-2(3)4;4-1-7-2(5)9-3(6)8-1;;;;;;;;;;/h2-4H,1H3;4-6H;;;;;;;4*1H2. The van der Waals surface area contributed by atoms with Gasteiger partial charge in [-0.1, -0.05) is 0 Å². The molecule has 1 saturated heterocycles. The van der Waals surface area contributed by atoms with Crippen molar-refractivity contribution in [2.75, 3.05) is 0 Å². The van der Waals surface area contributed by atoms with Crippen molar-refractivity contribution in [3.05, 3.63) is 0 Å². The summed E-state index contributed by atoms with van der Waals surface area (Å²) in [7, 11) is 0. The summed E-state index contributed by atoms with van der Waals surface area (Å²) >= 11 is -8.30. The van der Waals surface area contributed by atoms with Gasteiger partial charge < -0.3 is 32.1 Å². The first-order valence-corrected chi connectivity index (χ1v) is 9.90. The van der Waals surface area contributed by atoms with Crippen LogP contribution in [0, 0.1) is 0 Å². The molecule has 0 atom stereocenters. The second kappa shape index (κ2) is 45.2. The minimum atomic E-state index is -2.77. The molecule has 0 bridgehead atoms. The maximum absolute atomic E-state index is 8.62. The molecule has 1 heterocycles. The molecule has 178 valence electrons. The predicted molar refractivity (Wildman–Crippen MR) is 55.5 cm³/mol. The summed E-state index contributed by atoms with van der Waals surface area (Å²) in [5, 5.41) is 15.2. The first kappa shape index (κ1) is 71.1. The van der Waals surface area contributed by atoms with E-state index < -0.39 is 53.3 Å². The first-order chi connectivity index (χ1) is 5.91.